The largest absolute Gasteiger partial charge is 0.309 e. The van der Waals surface area contributed by atoms with E-state index in [1.807, 2.05) is 0 Å². The summed E-state index contributed by atoms with van der Waals surface area (Å²) in [6.07, 6.45) is 0. The Morgan fingerprint density at radius 1 is 0.393 bits per heavy atom. The van der Waals surface area contributed by atoms with Gasteiger partial charge in [-0.2, -0.15) is 0 Å². The molecule has 0 aliphatic carbocycles. The first kappa shape index (κ1) is 32.4. The van der Waals surface area contributed by atoms with Crippen LogP contribution in [0.2, 0.25) is 0 Å². The van der Waals surface area contributed by atoms with Crippen molar-refractivity contribution in [2.45, 2.75) is 26.2 Å². The van der Waals surface area contributed by atoms with Crippen molar-refractivity contribution >= 4 is 65.3 Å². The first-order chi connectivity index (χ1) is 27.4. The van der Waals surface area contributed by atoms with Gasteiger partial charge in [-0.05, 0) is 71.0 Å². The lowest BCUT2D eigenvalue weighted by atomic mass is 9.86. The predicted molar refractivity (Wildman–Crippen MR) is 235 cm³/mol. The van der Waals surface area contributed by atoms with Crippen LogP contribution in [-0.2, 0) is 5.41 Å². The zero-order chi connectivity index (χ0) is 37.5. The van der Waals surface area contributed by atoms with E-state index in [0.717, 1.165) is 50.3 Å². The number of aromatic nitrogens is 4. The molecule has 0 aliphatic rings. The van der Waals surface area contributed by atoms with E-state index in [4.69, 9.17) is 9.97 Å². The average Bonchev–Trinajstić information content (AvgIpc) is 3.75. The fourth-order valence-electron chi connectivity index (χ4n) is 8.68. The molecule has 0 unspecified atom stereocenters. The van der Waals surface area contributed by atoms with Crippen molar-refractivity contribution in [2.24, 2.45) is 0 Å². The number of rotatable bonds is 4. The van der Waals surface area contributed by atoms with Gasteiger partial charge in [0.1, 0.15) is 0 Å². The van der Waals surface area contributed by atoms with E-state index in [2.05, 4.69) is 206 Å². The summed E-state index contributed by atoms with van der Waals surface area (Å²) in [6.45, 7) is 6.74. The second-order valence-corrected chi connectivity index (χ2v) is 15.9. The molecule has 11 aromatic rings. The Bertz CT molecular complexity index is 3290. The summed E-state index contributed by atoms with van der Waals surface area (Å²) in [7, 11) is 0. The first-order valence-electron chi connectivity index (χ1n) is 19.3. The van der Waals surface area contributed by atoms with Crippen LogP contribution in [-0.4, -0.2) is 19.1 Å². The van der Waals surface area contributed by atoms with Crippen molar-refractivity contribution in [1.82, 2.24) is 19.1 Å². The van der Waals surface area contributed by atoms with Gasteiger partial charge < -0.3 is 9.13 Å². The number of benzene rings is 8. The monoisotopic (exact) mass is 718 g/mol. The van der Waals surface area contributed by atoms with Gasteiger partial charge in [0.15, 0.2) is 5.82 Å². The first-order valence-corrected chi connectivity index (χ1v) is 19.3. The highest BCUT2D eigenvalue weighted by Gasteiger charge is 2.19. The Balaban J connectivity index is 1.10. The fraction of sp³-hybridized carbons (Fsp3) is 0.0769. The Kier molecular flexibility index (Phi) is 7.08. The molecule has 0 amide bonds. The van der Waals surface area contributed by atoms with Gasteiger partial charge in [-0.1, -0.05) is 142 Å². The Morgan fingerprint density at radius 2 is 0.946 bits per heavy atom. The van der Waals surface area contributed by atoms with Crippen molar-refractivity contribution in [3.8, 4) is 34.0 Å². The Labute approximate surface area is 324 Å². The molecule has 0 aliphatic heterocycles. The normalized spacial score (nSPS) is 12.2. The van der Waals surface area contributed by atoms with Crippen molar-refractivity contribution in [1.29, 1.82) is 0 Å². The van der Waals surface area contributed by atoms with Crippen LogP contribution < -0.4 is 0 Å². The third-order valence-electron chi connectivity index (χ3n) is 11.5. The van der Waals surface area contributed by atoms with Crippen molar-refractivity contribution < 1.29 is 0 Å². The topological polar surface area (TPSA) is 35.6 Å². The summed E-state index contributed by atoms with van der Waals surface area (Å²) >= 11 is 0. The standard InChI is InChI=1S/C52H38N4/c1-52(2,3)36-15-12-14-35(31-36)51-53-49(44-29-25-33-13-4-5-16-39(33)50(44)54-51)34-23-26-37(27-24-34)55-45-20-9-8-19-42(45)43-30-28-38(32-48(43)55)56-46-21-10-6-17-40(46)41-18-7-11-22-47(41)56/h4-32H,1-3H3. The summed E-state index contributed by atoms with van der Waals surface area (Å²) in [6, 6.07) is 63.5. The number of nitrogens with zero attached hydrogens (tertiary/aromatic N) is 4. The minimum absolute atomic E-state index is 0.00917. The molecule has 4 heteroatoms. The highest BCUT2D eigenvalue weighted by Crippen LogP contribution is 2.39. The predicted octanol–water partition coefficient (Wildman–Crippen LogP) is 13.6. The summed E-state index contributed by atoms with van der Waals surface area (Å²) in [4.78, 5) is 10.6. The lowest BCUT2D eigenvalue weighted by molar-refractivity contribution is 0.590. The smallest absolute Gasteiger partial charge is 0.160 e. The molecule has 3 heterocycles. The number of hydrogen-bond donors (Lipinski definition) is 0. The maximum Gasteiger partial charge on any atom is 0.160 e. The Hall–Kier alpha value is -7.04. The molecule has 56 heavy (non-hydrogen) atoms. The second-order valence-electron chi connectivity index (χ2n) is 15.9. The molecule has 0 bridgehead atoms. The molecule has 0 atom stereocenters. The van der Waals surface area contributed by atoms with E-state index in [-0.39, 0.29) is 5.41 Å². The van der Waals surface area contributed by atoms with Crippen LogP contribution in [0.25, 0.3) is 99.3 Å². The van der Waals surface area contributed by atoms with Gasteiger partial charge in [0.25, 0.3) is 0 Å². The summed E-state index contributed by atoms with van der Waals surface area (Å²) < 4.78 is 4.80. The third-order valence-corrected chi connectivity index (χ3v) is 11.5. The summed E-state index contributed by atoms with van der Waals surface area (Å²) in [5, 5.41) is 8.31. The molecule has 0 fully saturated rings. The quantitative estimate of drug-likeness (QED) is 0.170. The molecule has 8 aromatic carbocycles. The zero-order valence-electron chi connectivity index (χ0n) is 31.5. The minimum atomic E-state index is 0.00917. The van der Waals surface area contributed by atoms with Crippen LogP contribution >= 0.6 is 0 Å². The number of hydrogen-bond acceptors (Lipinski definition) is 2. The minimum Gasteiger partial charge on any atom is -0.309 e. The third kappa shape index (κ3) is 4.99. The molecule has 0 radical (unpaired) electrons. The summed E-state index contributed by atoms with van der Waals surface area (Å²) in [5.41, 5.74) is 12.2. The van der Waals surface area contributed by atoms with Crippen LogP contribution in [0.5, 0.6) is 0 Å². The van der Waals surface area contributed by atoms with E-state index in [9.17, 15) is 0 Å². The van der Waals surface area contributed by atoms with Crippen molar-refractivity contribution in [3.05, 3.63) is 181 Å². The fourth-order valence-corrected chi connectivity index (χ4v) is 8.68. The van der Waals surface area contributed by atoms with Gasteiger partial charge >= 0.3 is 0 Å². The van der Waals surface area contributed by atoms with Gasteiger partial charge in [-0.3, -0.25) is 0 Å². The van der Waals surface area contributed by atoms with Crippen LogP contribution in [0.4, 0.5) is 0 Å². The SMILES string of the molecule is CC(C)(C)c1cccc(-c2nc(-c3ccc(-n4c5ccccc5c5ccc(-n6c7ccccc7c7ccccc76)cc54)cc3)c3ccc4ccccc4c3n2)c1. The molecule has 0 saturated carbocycles. The van der Waals surface area contributed by atoms with E-state index in [1.54, 1.807) is 0 Å². The van der Waals surface area contributed by atoms with E-state index in [0.29, 0.717) is 0 Å². The van der Waals surface area contributed by atoms with Gasteiger partial charge in [0.2, 0.25) is 0 Å². The second kappa shape index (κ2) is 12.2. The average molecular weight is 719 g/mol. The molecule has 4 nitrogen and oxygen atoms in total. The van der Waals surface area contributed by atoms with Gasteiger partial charge in [-0.25, -0.2) is 9.97 Å². The number of para-hydroxylation sites is 3. The lowest BCUT2D eigenvalue weighted by Crippen LogP contribution is -2.11. The van der Waals surface area contributed by atoms with Crippen LogP contribution in [0.3, 0.4) is 0 Å². The van der Waals surface area contributed by atoms with Crippen molar-refractivity contribution in [2.75, 3.05) is 0 Å². The molecule has 3 aromatic heterocycles. The molecule has 266 valence electrons. The summed E-state index contributed by atoms with van der Waals surface area (Å²) in [5.74, 6) is 0.735. The molecule has 0 N–H and O–H groups in total. The zero-order valence-corrected chi connectivity index (χ0v) is 31.5. The maximum absolute atomic E-state index is 5.33. The van der Waals surface area contributed by atoms with Crippen LogP contribution in [0.1, 0.15) is 26.3 Å². The van der Waals surface area contributed by atoms with Crippen molar-refractivity contribution in [3.63, 3.8) is 0 Å². The van der Waals surface area contributed by atoms with Gasteiger partial charge in [0, 0.05) is 54.8 Å². The van der Waals surface area contributed by atoms with E-state index in [1.165, 1.54) is 54.6 Å². The van der Waals surface area contributed by atoms with E-state index < -0.39 is 0 Å². The highest BCUT2D eigenvalue weighted by molar-refractivity contribution is 6.12. The molecule has 0 saturated heterocycles. The molecular weight excluding hydrogens is 681 g/mol. The van der Waals surface area contributed by atoms with Gasteiger partial charge in [-0.15, -0.1) is 0 Å². The molecule has 11 rings (SSSR count). The lowest BCUT2D eigenvalue weighted by Gasteiger charge is -2.20. The van der Waals surface area contributed by atoms with Gasteiger partial charge in [0.05, 0.1) is 33.3 Å². The highest BCUT2D eigenvalue weighted by atomic mass is 15.0. The molecule has 0 spiro atoms. The number of fused-ring (bicyclic) bond motifs is 9. The van der Waals surface area contributed by atoms with Crippen LogP contribution in [0, 0.1) is 0 Å². The van der Waals surface area contributed by atoms with Crippen LogP contribution in [0.15, 0.2) is 176 Å². The van der Waals surface area contributed by atoms with E-state index >= 15 is 0 Å². The maximum atomic E-state index is 5.33. The molecular formula is C52H38N4. The Morgan fingerprint density at radius 3 is 1.61 bits per heavy atom.